The SMILES string of the molecule is CS(=O)(=O)N[C@H]1CC12CCN(C(=O)c1ccccc1)CC2. The van der Waals surface area contributed by atoms with Crippen LogP contribution in [0.1, 0.15) is 29.6 Å². The van der Waals surface area contributed by atoms with Crippen LogP contribution in [0.5, 0.6) is 0 Å². The Bertz CT molecular complexity index is 634. The number of rotatable bonds is 3. The Balaban J connectivity index is 1.58. The van der Waals surface area contributed by atoms with Crippen LogP contribution in [0.2, 0.25) is 0 Å². The van der Waals surface area contributed by atoms with E-state index in [0.29, 0.717) is 13.1 Å². The summed E-state index contributed by atoms with van der Waals surface area (Å²) in [7, 11) is -3.14. The van der Waals surface area contributed by atoms with E-state index in [1.54, 1.807) is 0 Å². The fraction of sp³-hybridized carbons (Fsp3) is 0.533. The van der Waals surface area contributed by atoms with Crippen molar-refractivity contribution >= 4 is 15.9 Å². The maximum atomic E-state index is 12.4. The Morgan fingerprint density at radius 2 is 1.86 bits per heavy atom. The van der Waals surface area contributed by atoms with E-state index in [4.69, 9.17) is 0 Å². The van der Waals surface area contributed by atoms with Gasteiger partial charge in [-0.25, -0.2) is 13.1 Å². The number of carbonyl (C=O) groups excluding carboxylic acids is 1. The third-order valence-corrected chi connectivity index (χ3v) is 5.33. The molecule has 1 atom stereocenters. The number of piperidine rings is 1. The van der Waals surface area contributed by atoms with Crippen LogP contribution in [0.4, 0.5) is 0 Å². The van der Waals surface area contributed by atoms with Gasteiger partial charge in [0.1, 0.15) is 0 Å². The minimum absolute atomic E-state index is 0.0569. The lowest BCUT2D eigenvalue weighted by Crippen LogP contribution is -2.41. The van der Waals surface area contributed by atoms with Gasteiger partial charge in [-0.1, -0.05) is 18.2 Å². The Kier molecular flexibility index (Phi) is 3.53. The van der Waals surface area contributed by atoms with Gasteiger partial charge in [-0.3, -0.25) is 4.79 Å². The monoisotopic (exact) mass is 308 g/mol. The van der Waals surface area contributed by atoms with Gasteiger partial charge in [-0.2, -0.15) is 0 Å². The summed E-state index contributed by atoms with van der Waals surface area (Å²) in [4.78, 5) is 14.2. The van der Waals surface area contributed by atoms with Crippen molar-refractivity contribution < 1.29 is 13.2 Å². The van der Waals surface area contributed by atoms with Gasteiger partial charge >= 0.3 is 0 Å². The van der Waals surface area contributed by atoms with Crippen LogP contribution >= 0.6 is 0 Å². The van der Waals surface area contributed by atoms with E-state index < -0.39 is 10.0 Å². The second-order valence-electron chi connectivity index (χ2n) is 6.17. The van der Waals surface area contributed by atoms with E-state index in [2.05, 4.69) is 4.72 Å². The van der Waals surface area contributed by atoms with Gasteiger partial charge in [0.25, 0.3) is 5.91 Å². The zero-order valence-corrected chi connectivity index (χ0v) is 12.9. The zero-order valence-electron chi connectivity index (χ0n) is 12.1. The quantitative estimate of drug-likeness (QED) is 0.913. The highest BCUT2D eigenvalue weighted by Crippen LogP contribution is 2.54. The minimum atomic E-state index is -3.14. The predicted molar refractivity (Wildman–Crippen MR) is 80.4 cm³/mol. The highest BCUT2D eigenvalue weighted by molar-refractivity contribution is 7.88. The molecule has 1 N–H and O–H groups in total. The molecule has 1 heterocycles. The van der Waals surface area contributed by atoms with Crippen molar-refractivity contribution in [3.05, 3.63) is 35.9 Å². The Labute approximate surface area is 125 Å². The molecule has 5 nitrogen and oxygen atoms in total. The van der Waals surface area contributed by atoms with E-state index in [0.717, 1.165) is 24.8 Å². The van der Waals surface area contributed by atoms with Crippen molar-refractivity contribution in [3.8, 4) is 0 Å². The van der Waals surface area contributed by atoms with Crippen molar-refractivity contribution in [2.45, 2.75) is 25.3 Å². The van der Waals surface area contributed by atoms with E-state index in [1.165, 1.54) is 6.26 Å². The third kappa shape index (κ3) is 3.11. The smallest absolute Gasteiger partial charge is 0.253 e. The Hall–Kier alpha value is -1.40. The molecule has 1 saturated carbocycles. The summed E-state index contributed by atoms with van der Waals surface area (Å²) < 4.78 is 25.3. The summed E-state index contributed by atoms with van der Waals surface area (Å²) in [5.41, 5.74) is 0.798. The largest absolute Gasteiger partial charge is 0.339 e. The van der Waals surface area contributed by atoms with Gasteiger partial charge in [0, 0.05) is 24.7 Å². The lowest BCUT2D eigenvalue weighted by atomic mass is 9.92. The molecule has 3 rings (SSSR count). The number of benzene rings is 1. The maximum Gasteiger partial charge on any atom is 0.253 e. The molecule has 1 saturated heterocycles. The first-order valence-electron chi connectivity index (χ1n) is 7.21. The van der Waals surface area contributed by atoms with Gasteiger partial charge in [0.05, 0.1) is 6.26 Å². The summed E-state index contributed by atoms with van der Waals surface area (Å²) >= 11 is 0. The number of nitrogens with one attached hydrogen (secondary N) is 1. The number of hydrogen-bond donors (Lipinski definition) is 1. The molecular weight excluding hydrogens is 288 g/mol. The molecule has 1 spiro atoms. The van der Waals surface area contributed by atoms with Gasteiger partial charge in [-0.05, 0) is 36.8 Å². The lowest BCUT2D eigenvalue weighted by Gasteiger charge is -2.33. The normalized spacial score (nSPS) is 24.0. The van der Waals surface area contributed by atoms with Crippen LogP contribution in [0.3, 0.4) is 0 Å². The lowest BCUT2D eigenvalue weighted by molar-refractivity contribution is 0.0674. The maximum absolute atomic E-state index is 12.4. The fourth-order valence-corrected chi connectivity index (χ4v) is 4.09. The average Bonchev–Trinajstić information content (AvgIpc) is 3.09. The molecule has 0 aromatic heterocycles. The van der Waals surface area contributed by atoms with E-state index in [9.17, 15) is 13.2 Å². The highest BCUT2D eigenvalue weighted by atomic mass is 32.2. The van der Waals surface area contributed by atoms with Crippen LogP contribution in [-0.2, 0) is 10.0 Å². The van der Waals surface area contributed by atoms with Crippen LogP contribution in [-0.4, -0.2) is 44.6 Å². The first kappa shape index (κ1) is 14.5. The Morgan fingerprint density at radius 3 is 2.43 bits per heavy atom. The van der Waals surface area contributed by atoms with Crippen LogP contribution < -0.4 is 4.72 Å². The average molecular weight is 308 g/mol. The van der Waals surface area contributed by atoms with Gasteiger partial charge < -0.3 is 4.90 Å². The summed E-state index contributed by atoms with van der Waals surface area (Å²) in [6.45, 7) is 1.41. The van der Waals surface area contributed by atoms with Gasteiger partial charge in [0.2, 0.25) is 10.0 Å². The summed E-state index contributed by atoms with van der Waals surface area (Å²) in [6, 6.07) is 9.35. The van der Waals surface area contributed by atoms with E-state index >= 15 is 0 Å². The molecule has 1 aromatic carbocycles. The first-order valence-corrected chi connectivity index (χ1v) is 9.10. The first-order chi connectivity index (χ1) is 9.90. The number of carbonyl (C=O) groups is 1. The molecule has 0 bridgehead atoms. The second-order valence-corrected chi connectivity index (χ2v) is 7.95. The third-order valence-electron chi connectivity index (χ3n) is 4.61. The molecule has 2 aliphatic rings. The van der Waals surface area contributed by atoms with Gasteiger partial charge in [-0.15, -0.1) is 0 Å². The van der Waals surface area contributed by atoms with Gasteiger partial charge in [0.15, 0.2) is 0 Å². The molecule has 6 heteroatoms. The zero-order chi connectivity index (χ0) is 15.1. The minimum Gasteiger partial charge on any atom is -0.339 e. The fourth-order valence-electron chi connectivity index (χ4n) is 3.24. The number of amides is 1. The van der Waals surface area contributed by atoms with Crippen molar-refractivity contribution in [2.75, 3.05) is 19.3 Å². The molecule has 1 aromatic rings. The molecule has 21 heavy (non-hydrogen) atoms. The standard InChI is InChI=1S/C15H20N2O3S/c1-21(19,20)16-13-11-15(13)7-9-17(10-8-15)14(18)12-5-3-2-4-6-12/h2-6,13,16H,7-11H2,1H3/t13-/m0/s1. The number of likely N-dealkylation sites (tertiary alicyclic amines) is 1. The molecule has 1 amide bonds. The van der Waals surface area contributed by atoms with Crippen LogP contribution in [0.15, 0.2) is 30.3 Å². The van der Waals surface area contributed by atoms with Crippen LogP contribution in [0, 0.1) is 5.41 Å². The second kappa shape index (κ2) is 5.10. The molecule has 2 fully saturated rings. The summed E-state index contributed by atoms with van der Waals surface area (Å²) in [6.07, 6.45) is 3.85. The van der Waals surface area contributed by atoms with E-state index in [1.807, 2.05) is 35.2 Å². The van der Waals surface area contributed by atoms with E-state index in [-0.39, 0.29) is 17.4 Å². The molecular formula is C15H20N2O3S. The topological polar surface area (TPSA) is 66.5 Å². The summed E-state index contributed by atoms with van der Waals surface area (Å²) in [5.74, 6) is 0.0683. The molecule has 0 radical (unpaired) electrons. The van der Waals surface area contributed by atoms with Crippen molar-refractivity contribution in [3.63, 3.8) is 0 Å². The molecule has 114 valence electrons. The summed E-state index contributed by atoms with van der Waals surface area (Å²) in [5, 5.41) is 0. The molecule has 0 unspecified atom stereocenters. The van der Waals surface area contributed by atoms with Crippen molar-refractivity contribution in [2.24, 2.45) is 5.41 Å². The van der Waals surface area contributed by atoms with Crippen molar-refractivity contribution in [1.29, 1.82) is 0 Å². The van der Waals surface area contributed by atoms with Crippen LogP contribution in [0.25, 0.3) is 0 Å². The highest BCUT2D eigenvalue weighted by Gasteiger charge is 2.56. The van der Waals surface area contributed by atoms with Crippen molar-refractivity contribution in [1.82, 2.24) is 9.62 Å². The number of nitrogens with zero attached hydrogens (tertiary/aromatic N) is 1. The molecule has 1 aliphatic carbocycles. The predicted octanol–water partition coefficient (Wildman–Crippen LogP) is 1.23. The number of sulfonamides is 1. The number of hydrogen-bond acceptors (Lipinski definition) is 3. The Morgan fingerprint density at radius 1 is 1.24 bits per heavy atom. The molecule has 1 aliphatic heterocycles.